The first-order chi connectivity index (χ1) is 8.52. The number of fused-ring (bicyclic) bond motifs is 1. The third kappa shape index (κ3) is 2.46. The highest BCUT2D eigenvalue weighted by molar-refractivity contribution is 5.95. The van der Waals surface area contributed by atoms with Crippen molar-refractivity contribution in [1.29, 1.82) is 5.26 Å². The van der Waals surface area contributed by atoms with Gasteiger partial charge in [0, 0.05) is 5.39 Å². The van der Waals surface area contributed by atoms with Gasteiger partial charge in [0.05, 0.1) is 11.6 Å². The van der Waals surface area contributed by atoms with Crippen LogP contribution in [-0.2, 0) is 0 Å². The van der Waals surface area contributed by atoms with Gasteiger partial charge >= 0.3 is 0 Å². The first kappa shape index (κ1) is 12.1. The molecule has 0 spiro atoms. The molecule has 2 rings (SSSR count). The summed E-state index contributed by atoms with van der Waals surface area (Å²) < 4.78 is 0. The lowest BCUT2D eigenvalue weighted by Gasteiger charge is -2.17. The normalized spacial score (nSPS) is 10.9. The SMILES string of the molecule is CC(C)(C#N)NC(=O)c1ccc2ccccc2n1. The number of nitriles is 1. The number of amides is 1. The van der Waals surface area contributed by atoms with Crippen LogP contribution in [0.3, 0.4) is 0 Å². The molecule has 0 bridgehead atoms. The van der Waals surface area contributed by atoms with Crippen molar-refractivity contribution in [2.24, 2.45) is 0 Å². The molecule has 0 saturated carbocycles. The first-order valence-electron chi connectivity index (χ1n) is 5.61. The number of pyridine rings is 1. The number of benzene rings is 1. The van der Waals surface area contributed by atoms with Gasteiger partial charge in [-0.25, -0.2) is 4.98 Å². The Morgan fingerprint density at radius 1 is 1.28 bits per heavy atom. The molecule has 90 valence electrons. The molecule has 1 aromatic heterocycles. The van der Waals surface area contributed by atoms with Crippen LogP contribution in [-0.4, -0.2) is 16.4 Å². The molecule has 0 fully saturated rings. The molecule has 1 aromatic carbocycles. The van der Waals surface area contributed by atoms with Gasteiger partial charge in [0.1, 0.15) is 11.2 Å². The van der Waals surface area contributed by atoms with Crippen LogP contribution in [0.1, 0.15) is 24.3 Å². The Kier molecular flexibility index (Phi) is 2.99. The number of aromatic nitrogens is 1. The quantitative estimate of drug-likeness (QED) is 0.874. The minimum Gasteiger partial charge on any atom is -0.333 e. The van der Waals surface area contributed by atoms with E-state index in [-0.39, 0.29) is 5.91 Å². The van der Waals surface area contributed by atoms with E-state index >= 15 is 0 Å². The van der Waals surface area contributed by atoms with Crippen LogP contribution in [0.5, 0.6) is 0 Å². The summed E-state index contributed by atoms with van der Waals surface area (Å²) in [6.45, 7) is 3.29. The molecule has 0 radical (unpaired) electrons. The Bertz CT molecular complexity index is 641. The van der Waals surface area contributed by atoms with E-state index in [1.807, 2.05) is 36.4 Å². The predicted molar refractivity (Wildman–Crippen MR) is 68.9 cm³/mol. The van der Waals surface area contributed by atoms with Crippen molar-refractivity contribution in [1.82, 2.24) is 10.3 Å². The molecule has 4 heteroatoms. The number of nitrogens with one attached hydrogen (secondary N) is 1. The fraction of sp³-hybridized carbons (Fsp3) is 0.214. The standard InChI is InChI=1S/C14H13N3O/c1-14(2,9-15)17-13(18)12-8-7-10-5-3-4-6-11(10)16-12/h3-8H,1-2H3,(H,17,18). The zero-order valence-corrected chi connectivity index (χ0v) is 10.3. The van der Waals surface area contributed by atoms with Gasteiger partial charge < -0.3 is 5.32 Å². The third-order valence-electron chi connectivity index (χ3n) is 2.54. The zero-order chi connectivity index (χ0) is 13.2. The van der Waals surface area contributed by atoms with Crippen molar-refractivity contribution in [3.8, 4) is 6.07 Å². The number of carbonyl (C=O) groups excluding carboxylic acids is 1. The van der Waals surface area contributed by atoms with Crippen LogP contribution >= 0.6 is 0 Å². The summed E-state index contributed by atoms with van der Waals surface area (Å²) in [4.78, 5) is 16.2. The summed E-state index contributed by atoms with van der Waals surface area (Å²) in [6.07, 6.45) is 0. The van der Waals surface area contributed by atoms with Crippen LogP contribution in [0.15, 0.2) is 36.4 Å². The molecule has 0 unspecified atom stereocenters. The van der Waals surface area contributed by atoms with Gasteiger partial charge in [0.2, 0.25) is 0 Å². The molecular formula is C14H13N3O. The number of hydrogen-bond donors (Lipinski definition) is 1. The second-order valence-electron chi connectivity index (χ2n) is 4.58. The zero-order valence-electron chi connectivity index (χ0n) is 10.3. The molecule has 2 aromatic rings. The molecule has 4 nitrogen and oxygen atoms in total. The minimum absolute atomic E-state index is 0.317. The van der Waals surface area contributed by atoms with E-state index in [0.29, 0.717) is 5.69 Å². The van der Waals surface area contributed by atoms with Crippen molar-refractivity contribution >= 4 is 16.8 Å². The maximum absolute atomic E-state index is 11.9. The summed E-state index contributed by atoms with van der Waals surface area (Å²) in [7, 11) is 0. The molecule has 0 aliphatic rings. The molecule has 1 amide bonds. The lowest BCUT2D eigenvalue weighted by atomic mass is 10.1. The number of rotatable bonds is 2. The van der Waals surface area contributed by atoms with Crippen LogP contribution < -0.4 is 5.32 Å². The molecule has 1 heterocycles. The minimum atomic E-state index is -0.898. The maximum Gasteiger partial charge on any atom is 0.271 e. The lowest BCUT2D eigenvalue weighted by molar-refractivity contribution is 0.0924. The molecule has 18 heavy (non-hydrogen) atoms. The number of nitrogens with zero attached hydrogens (tertiary/aromatic N) is 2. The Morgan fingerprint density at radius 2 is 2.00 bits per heavy atom. The topological polar surface area (TPSA) is 65.8 Å². The average molecular weight is 239 g/mol. The molecular weight excluding hydrogens is 226 g/mol. The largest absolute Gasteiger partial charge is 0.333 e. The second kappa shape index (κ2) is 4.46. The molecule has 1 N–H and O–H groups in total. The molecule has 0 aliphatic heterocycles. The fourth-order valence-electron chi connectivity index (χ4n) is 1.57. The second-order valence-corrected chi connectivity index (χ2v) is 4.58. The summed E-state index contributed by atoms with van der Waals surface area (Å²) in [6, 6.07) is 13.1. The first-order valence-corrected chi connectivity index (χ1v) is 5.61. The third-order valence-corrected chi connectivity index (χ3v) is 2.54. The highest BCUT2D eigenvalue weighted by Crippen LogP contribution is 2.12. The van der Waals surface area contributed by atoms with E-state index in [1.54, 1.807) is 19.9 Å². The predicted octanol–water partition coefficient (Wildman–Crippen LogP) is 2.27. The van der Waals surface area contributed by atoms with Gasteiger partial charge in [-0.3, -0.25) is 4.79 Å². The fourth-order valence-corrected chi connectivity index (χ4v) is 1.57. The van der Waals surface area contributed by atoms with Gasteiger partial charge in [0.15, 0.2) is 0 Å². The number of carbonyl (C=O) groups is 1. The highest BCUT2D eigenvalue weighted by atomic mass is 16.2. The van der Waals surface area contributed by atoms with Gasteiger partial charge in [-0.2, -0.15) is 5.26 Å². The summed E-state index contributed by atoms with van der Waals surface area (Å²) in [5.74, 6) is -0.340. The van der Waals surface area contributed by atoms with E-state index in [1.165, 1.54) is 0 Å². The van der Waals surface area contributed by atoms with E-state index in [2.05, 4.69) is 10.3 Å². The van der Waals surface area contributed by atoms with Crippen LogP contribution in [0.25, 0.3) is 10.9 Å². The average Bonchev–Trinajstić information content (AvgIpc) is 2.37. The Morgan fingerprint density at radius 3 is 2.72 bits per heavy atom. The molecule has 0 saturated heterocycles. The van der Waals surface area contributed by atoms with Gasteiger partial charge in [-0.1, -0.05) is 24.3 Å². The van der Waals surface area contributed by atoms with E-state index in [9.17, 15) is 4.79 Å². The summed E-state index contributed by atoms with van der Waals surface area (Å²) >= 11 is 0. The smallest absolute Gasteiger partial charge is 0.271 e. The summed E-state index contributed by atoms with van der Waals surface area (Å²) in [5.41, 5.74) is 0.182. The Hall–Kier alpha value is -2.41. The van der Waals surface area contributed by atoms with Crippen LogP contribution in [0.2, 0.25) is 0 Å². The summed E-state index contributed by atoms with van der Waals surface area (Å²) in [5, 5.41) is 12.5. The van der Waals surface area contributed by atoms with Crippen molar-refractivity contribution in [2.45, 2.75) is 19.4 Å². The van der Waals surface area contributed by atoms with E-state index < -0.39 is 5.54 Å². The van der Waals surface area contributed by atoms with E-state index in [4.69, 9.17) is 5.26 Å². The Balaban J connectivity index is 2.32. The number of hydrogen-bond acceptors (Lipinski definition) is 3. The molecule has 0 aliphatic carbocycles. The van der Waals surface area contributed by atoms with Crippen LogP contribution in [0, 0.1) is 11.3 Å². The molecule has 0 atom stereocenters. The van der Waals surface area contributed by atoms with Gasteiger partial charge in [-0.05, 0) is 26.0 Å². The van der Waals surface area contributed by atoms with Crippen LogP contribution in [0.4, 0.5) is 0 Å². The van der Waals surface area contributed by atoms with Gasteiger partial charge in [-0.15, -0.1) is 0 Å². The van der Waals surface area contributed by atoms with E-state index in [0.717, 1.165) is 10.9 Å². The highest BCUT2D eigenvalue weighted by Gasteiger charge is 2.20. The van der Waals surface area contributed by atoms with Crippen molar-refractivity contribution in [3.63, 3.8) is 0 Å². The monoisotopic (exact) mass is 239 g/mol. The maximum atomic E-state index is 11.9. The van der Waals surface area contributed by atoms with Crippen molar-refractivity contribution < 1.29 is 4.79 Å². The number of para-hydroxylation sites is 1. The lowest BCUT2D eigenvalue weighted by Crippen LogP contribution is -2.42. The van der Waals surface area contributed by atoms with Gasteiger partial charge in [0.25, 0.3) is 5.91 Å². The van der Waals surface area contributed by atoms with Crippen molar-refractivity contribution in [3.05, 3.63) is 42.1 Å². The Labute approximate surface area is 105 Å². The van der Waals surface area contributed by atoms with Crippen molar-refractivity contribution in [2.75, 3.05) is 0 Å².